The van der Waals surface area contributed by atoms with Crippen molar-refractivity contribution in [3.05, 3.63) is 17.8 Å². The number of fused-ring (bicyclic) bond motifs is 1. The van der Waals surface area contributed by atoms with E-state index in [0.717, 1.165) is 35.2 Å². The van der Waals surface area contributed by atoms with Gasteiger partial charge in [-0.1, -0.05) is 32.6 Å². The van der Waals surface area contributed by atoms with Gasteiger partial charge in [0.05, 0.1) is 0 Å². The minimum Gasteiger partial charge on any atom is -0.369 e. The largest absolute Gasteiger partial charge is 0.369 e. The summed E-state index contributed by atoms with van der Waals surface area (Å²) in [5.74, 6) is 2.35. The summed E-state index contributed by atoms with van der Waals surface area (Å²) in [6.45, 7) is 5.32. The van der Waals surface area contributed by atoms with E-state index in [1.165, 1.54) is 32.1 Å². The highest BCUT2D eigenvalue weighted by Gasteiger charge is 2.19. The molecule has 0 aliphatic heterocycles. The van der Waals surface area contributed by atoms with Crippen LogP contribution in [-0.4, -0.2) is 14.5 Å². The smallest absolute Gasteiger partial charge is 0.202 e. The van der Waals surface area contributed by atoms with Gasteiger partial charge in [0.2, 0.25) is 5.95 Å². The summed E-state index contributed by atoms with van der Waals surface area (Å²) in [5, 5.41) is 0. The van der Waals surface area contributed by atoms with E-state index < -0.39 is 0 Å². The summed E-state index contributed by atoms with van der Waals surface area (Å²) >= 11 is 0. The molecule has 0 atom stereocenters. The van der Waals surface area contributed by atoms with Gasteiger partial charge >= 0.3 is 0 Å². The van der Waals surface area contributed by atoms with Crippen LogP contribution in [0.5, 0.6) is 0 Å². The Morgan fingerprint density at radius 3 is 2.70 bits per heavy atom. The predicted octanol–water partition coefficient (Wildman–Crippen LogP) is 3.54. The van der Waals surface area contributed by atoms with Gasteiger partial charge in [-0.25, -0.2) is 9.97 Å². The molecule has 3 rings (SSSR count). The second-order valence-corrected chi connectivity index (χ2v) is 6.33. The summed E-state index contributed by atoms with van der Waals surface area (Å²) in [6, 6.07) is 3.99. The maximum absolute atomic E-state index is 6.05. The molecule has 1 fully saturated rings. The summed E-state index contributed by atoms with van der Waals surface area (Å²) in [7, 11) is 0. The zero-order chi connectivity index (χ0) is 14.1. The molecule has 0 aromatic carbocycles. The number of aryl methyl sites for hydroxylation is 2. The van der Waals surface area contributed by atoms with E-state index in [-0.39, 0.29) is 0 Å². The number of pyridine rings is 1. The van der Waals surface area contributed by atoms with Crippen LogP contribution in [0.15, 0.2) is 12.1 Å². The van der Waals surface area contributed by atoms with Crippen LogP contribution in [0.2, 0.25) is 0 Å². The van der Waals surface area contributed by atoms with Gasteiger partial charge in [0.25, 0.3) is 0 Å². The zero-order valence-electron chi connectivity index (χ0n) is 12.5. The normalized spacial score (nSPS) is 23.3. The molecule has 2 heterocycles. The number of nitrogens with zero attached hydrogens (tertiary/aromatic N) is 3. The molecule has 0 amide bonds. The average molecular weight is 272 g/mol. The third-order valence-corrected chi connectivity index (χ3v) is 4.66. The first kappa shape index (κ1) is 13.4. The van der Waals surface area contributed by atoms with Gasteiger partial charge in [-0.3, -0.25) is 4.57 Å². The van der Waals surface area contributed by atoms with Crippen molar-refractivity contribution in [3.63, 3.8) is 0 Å². The number of hydrogen-bond donors (Lipinski definition) is 1. The lowest BCUT2D eigenvalue weighted by Crippen LogP contribution is -2.15. The van der Waals surface area contributed by atoms with Gasteiger partial charge in [-0.05, 0) is 37.3 Å². The van der Waals surface area contributed by atoms with E-state index in [0.29, 0.717) is 5.95 Å². The minimum absolute atomic E-state index is 0.599. The topological polar surface area (TPSA) is 56.7 Å². The summed E-state index contributed by atoms with van der Waals surface area (Å²) in [5.41, 5.74) is 8.92. The first-order valence-electron chi connectivity index (χ1n) is 7.73. The van der Waals surface area contributed by atoms with Crippen LogP contribution < -0.4 is 5.73 Å². The molecule has 0 bridgehead atoms. The lowest BCUT2D eigenvalue weighted by atomic mass is 9.81. The fraction of sp³-hybridized carbons (Fsp3) is 0.625. The van der Waals surface area contributed by atoms with E-state index in [9.17, 15) is 0 Å². The third-order valence-electron chi connectivity index (χ3n) is 4.66. The van der Waals surface area contributed by atoms with Crippen molar-refractivity contribution in [2.45, 2.75) is 52.5 Å². The molecule has 1 saturated carbocycles. The fourth-order valence-corrected chi connectivity index (χ4v) is 3.26. The molecule has 2 aromatic rings. The first-order valence-corrected chi connectivity index (χ1v) is 7.73. The lowest BCUT2D eigenvalue weighted by Gasteiger charge is -2.26. The van der Waals surface area contributed by atoms with Crippen LogP contribution in [-0.2, 0) is 6.54 Å². The standard InChI is InChI=1S/C16H24N4/c1-11-3-6-13(7-4-11)9-10-20-15-14(19-16(20)17)8-5-12(2)18-15/h5,8,11,13H,3-4,6-7,9-10H2,1-2H3,(H2,17,19). The molecular formula is C16H24N4. The highest BCUT2D eigenvalue weighted by molar-refractivity contribution is 5.74. The molecule has 2 N–H and O–H groups in total. The van der Waals surface area contributed by atoms with Crippen LogP contribution in [0.3, 0.4) is 0 Å². The second kappa shape index (κ2) is 5.43. The van der Waals surface area contributed by atoms with E-state index in [4.69, 9.17) is 5.73 Å². The summed E-state index contributed by atoms with van der Waals surface area (Å²) in [6.07, 6.45) is 6.67. The van der Waals surface area contributed by atoms with E-state index in [2.05, 4.69) is 21.5 Å². The Morgan fingerprint density at radius 2 is 1.95 bits per heavy atom. The average Bonchev–Trinajstić information content (AvgIpc) is 2.73. The molecular weight excluding hydrogens is 248 g/mol. The molecule has 4 heteroatoms. The quantitative estimate of drug-likeness (QED) is 0.929. The molecule has 1 aliphatic carbocycles. The Labute approximate surface area is 120 Å². The summed E-state index contributed by atoms with van der Waals surface area (Å²) < 4.78 is 2.08. The van der Waals surface area contributed by atoms with Crippen molar-refractivity contribution < 1.29 is 0 Å². The van der Waals surface area contributed by atoms with Crippen molar-refractivity contribution in [2.24, 2.45) is 11.8 Å². The van der Waals surface area contributed by atoms with Gasteiger partial charge in [0.15, 0.2) is 5.65 Å². The zero-order valence-corrected chi connectivity index (χ0v) is 12.5. The highest BCUT2D eigenvalue weighted by atomic mass is 15.2. The minimum atomic E-state index is 0.599. The van der Waals surface area contributed by atoms with Crippen molar-refractivity contribution in [1.82, 2.24) is 14.5 Å². The number of anilines is 1. The number of nitrogen functional groups attached to an aromatic ring is 1. The Bertz CT molecular complexity index is 594. The van der Waals surface area contributed by atoms with Crippen molar-refractivity contribution in [3.8, 4) is 0 Å². The lowest BCUT2D eigenvalue weighted by molar-refractivity contribution is 0.270. The molecule has 4 nitrogen and oxygen atoms in total. The first-order chi connectivity index (χ1) is 9.63. The van der Waals surface area contributed by atoms with Crippen molar-refractivity contribution >= 4 is 17.1 Å². The maximum Gasteiger partial charge on any atom is 0.202 e. The van der Waals surface area contributed by atoms with E-state index in [1.807, 2.05) is 19.1 Å². The maximum atomic E-state index is 6.05. The Kier molecular flexibility index (Phi) is 3.64. The van der Waals surface area contributed by atoms with Crippen LogP contribution in [0.4, 0.5) is 5.95 Å². The molecule has 0 radical (unpaired) electrons. The van der Waals surface area contributed by atoms with Gasteiger partial charge in [-0.2, -0.15) is 0 Å². The van der Waals surface area contributed by atoms with Crippen LogP contribution in [0.25, 0.3) is 11.2 Å². The van der Waals surface area contributed by atoms with Gasteiger partial charge in [0.1, 0.15) is 5.52 Å². The number of nitrogens with two attached hydrogens (primary N) is 1. The Balaban J connectivity index is 1.74. The highest BCUT2D eigenvalue weighted by Crippen LogP contribution is 2.31. The second-order valence-electron chi connectivity index (χ2n) is 6.33. The third kappa shape index (κ3) is 2.65. The number of hydrogen-bond acceptors (Lipinski definition) is 3. The monoisotopic (exact) mass is 272 g/mol. The molecule has 1 aliphatic rings. The van der Waals surface area contributed by atoms with Crippen molar-refractivity contribution in [2.75, 3.05) is 5.73 Å². The molecule has 20 heavy (non-hydrogen) atoms. The van der Waals surface area contributed by atoms with E-state index >= 15 is 0 Å². The van der Waals surface area contributed by atoms with Crippen LogP contribution >= 0.6 is 0 Å². The molecule has 0 saturated heterocycles. The van der Waals surface area contributed by atoms with Crippen molar-refractivity contribution in [1.29, 1.82) is 0 Å². The Hall–Kier alpha value is -1.58. The van der Waals surface area contributed by atoms with Gasteiger partial charge in [0, 0.05) is 12.2 Å². The van der Waals surface area contributed by atoms with Gasteiger partial charge in [-0.15, -0.1) is 0 Å². The fourth-order valence-electron chi connectivity index (χ4n) is 3.26. The summed E-state index contributed by atoms with van der Waals surface area (Å²) in [4.78, 5) is 9.00. The Morgan fingerprint density at radius 1 is 1.20 bits per heavy atom. The molecule has 0 spiro atoms. The molecule has 2 aromatic heterocycles. The van der Waals surface area contributed by atoms with E-state index in [1.54, 1.807) is 0 Å². The SMILES string of the molecule is Cc1ccc2nc(N)n(CCC3CCC(C)CC3)c2n1. The molecule has 108 valence electrons. The predicted molar refractivity (Wildman–Crippen MR) is 82.4 cm³/mol. The molecule has 0 unspecified atom stereocenters. The number of aromatic nitrogens is 3. The number of imidazole rings is 1. The van der Waals surface area contributed by atoms with Gasteiger partial charge < -0.3 is 5.73 Å². The van der Waals surface area contributed by atoms with Crippen LogP contribution in [0.1, 0.15) is 44.7 Å². The van der Waals surface area contributed by atoms with Crippen LogP contribution in [0, 0.1) is 18.8 Å². The number of rotatable bonds is 3.